The first-order valence-electron chi connectivity index (χ1n) is 5.51. The van der Waals surface area contributed by atoms with Crippen LogP contribution < -0.4 is 16.6 Å². The van der Waals surface area contributed by atoms with Crippen molar-refractivity contribution in [3.63, 3.8) is 0 Å². The van der Waals surface area contributed by atoms with Gasteiger partial charge in [-0.15, -0.1) is 0 Å². The Morgan fingerprint density at radius 1 is 1.29 bits per heavy atom. The molecule has 6 nitrogen and oxygen atoms in total. The molecule has 0 spiro atoms. The molecule has 1 amide bonds. The van der Waals surface area contributed by atoms with Crippen LogP contribution in [-0.4, -0.2) is 21.9 Å². The van der Waals surface area contributed by atoms with E-state index >= 15 is 0 Å². The van der Waals surface area contributed by atoms with Crippen LogP contribution in [0.1, 0.15) is 31.5 Å². The third kappa shape index (κ3) is 3.90. The molecule has 1 aromatic heterocycles. The standard InChI is InChI=1S/C11H17N3O3/c1-6(2)12-9(15)5-4-8-7(3)13-11(17)14-10(8)16/h6H,4-5H2,1-3H3,(H,12,15)(H2,13,14,16,17). The second-order valence-electron chi connectivity index (χ2n) is 4.23. The Labute approximate surface area is 98.5 Å². The molecule has 3 N–H and O–H groups in total. The molecular weight excluding hydrogens is 222 g/mol. The Balaban J connectivity index is 2.74. The molecule has 0 aliphatic heterocycles. The number of aromatic amines is 2. The maximum atomic E-state index is 11.5. The lowest BCUT2D eigenvalue weighted by molar-refractivity contribution is -0.121. The minimum Gasteiger partial charge on any atom is -0.354 e. The van der Waals surface area contributed by atoms with Gasteiger partial charge in [-0.1, -0.05) is 0 Å². The fraction of sp³-hybridized carbons (Fsp3) is 0.545. The first-order valence-corrected chi connectivity index (χ1v) is 5.51. The average molecular weight is 239 g/mol. The number of H-pyrrole nitrogens is 2. The quantitative estimate of drug-likeness (QED) is 0.680. The molecule has 0 bridgehead atoms. The third-order valence-electron chi connectivity index (χ3n) is 2.31. The molecule has 0 aromatic carbocycles. The molecule has 0 fully saturated rings. The minimum absolute atomic E-state index is 0.0810. The van der Waals surface area contributed by atoms with Crippen LogP contribution in [0, 0.1) is 6.92 Å². The number of carbonyl (C=O) groups is 1. The van der Waals surface area contributed by atoms with E-state index < -0.39 is 11.2 Å². The molecule has 0 aliphatic carbocycles. The topological polar surface area (TPSA) is 94.8 Å². The van der Waals surface area contributed by atoms with E-state index in [2.05, 4.69) is 15.3 Å². The molecule has 94 valence electrons. The van der Waals surface area contributed by atoms with Crippen LogP contribution in [0.25, 0.3) is 0 Å². The number of hydrogen-bond donors (Lipinski definition) is 3. The summed E-state index contributed by atoms with van der Waals surface area (Å²) in [5, 5.41) is 2.74. The van der Waals surface area contributed by atoms with E-state index in [-0.39, 0.29) is 18.4 Å². The maximum Gasteiger partial charge on any atom is 0.325 e. The molecule has 1 aromatic rings. The normalized spacial score (nSPS) is 10.6. The zero-order valence-electron chi connectivity index (χ0n) is 10.2. The van der Waals surface area contributed by atoms with Crippen molar-refractivity contribution in [1.82, 2.24) is 15.3 Å². The molecule has 0 saturated heterocycles. The van der Waals surface area contributed by atoms with Gasteiger partial charge in [-0.3, -0.25) is 14.6 Å². The SMILES string of the molecule is Cc1[nH]c(=O)[nH]c(=O)c1CCC(=O)NC(C)C. The van der Waals surface area contributed by atoms with Gasteiger partial charge in [0.05, 0.1) is 0 Å². The van der Waals surface area contributed by atoms with Crippen molar-refractivity contribution in [2.45, 2.75) is 39.7 Å². The lowest BCUT2D eigenvalue weighted by Crippen LogP contribution is -2.32. The predicted molar refractivity (Wildman–Crippen MR) is 64.0 cm³/mol. The van der Waals surface area contributed by atoms with Crippen LogP contribution in [0.4, 0.5) is 0 Å². The molecule has 6 heteroatoms. The number of aromatic nitrogens is 2. The lowest BCUT2D eigenvalue weighted by atomic mass is 10.1. The number of rotatable bonds is 4. The van der Waals surface area contributed by atoms with Gasteiger partial charge in [0.2, 0.25) is 5.91 Å². The molecule has 0 aliphatic rings. The molecule has 1 heterocycles. The highest BCUT2D eigenvalue weighted by Gasteiger charge is 2.09. The van der Waals surface area contributed by atoms with Gasteiger partial charge in [-0.05, 0) is 27.2 Å². The summed E-state index contributed by atoms with van der Waals surface area (Å²) in [5.41, 5.74) is 0.00563. The summed E-state index contributed by atoms with van der Waals surface area (Å²) >= 11 is 0. The third-order valence-corrected chi connectivity index (χ3v) is 2.31. The van der Waals surface area contributed by atoms with Crippen molar-refractivity contribution in [1.29, 1.82) is 0 Å². The monoisotopic (exact) mass is 239 g/mol. The fourth-order valence-electron chi connectivity index (χ4n) is 1.56. The van der Waals surface area contributed by atoms with E-state index in [0.29, 0.717) is 17.7 Å². The fourth-order valence-corrected chi connectivity index (χ4v) is 1.56. The smallest absolute Gasteiger partial charge is 0.325 e. The van der Waals surface area contributed by atoms with Gasteiger partial charge < -0.3 is 10.3 Å². The highest BCUT2D eigenvalue weighted by molar-refractivity contribution is 5.76. The summed E-state index contributed by atoms with van der Waals surface area (Å²) in [6, 6.07) is 0.0810. The highest BCUT2D eigenvalue weighted by atomic mass is 16.2. The van der Waals surface area contributed by atoms with Gasteiger partial charge in [-0.2, -0.15) is 0 Å². The van der Waals surface area contributed by atoms with E-state index in [1.807, 2.05) is 13.8 Å². The Bertz CT molecular complexity index is 513. The minimum atomic E-state index is -0.525. The van der Waals surface area contributed by atoms with Crippen LogP contribution >= 0.6 is 0 Å². The molecule has 0 radical (unpaired) electrons. The van der Waals surface area contributed by atoms with E-state index in [4.69, 9.17) is 0 Å². The maximum absolute atomic E-state index is 11.5. The first-order chi connectivity index (χ1) is 7.90. The van der Waals surface area contributed by atoms with Crippen molar-refractivity contribution < 1.29 is 4.79 Å². The zero-order chi connectivity index (χ0) is 13.0. The summed E-state index contributed by atoms with van der Waals surface area (Å²) in [6.07, 6.45) is 0.546. The molecule has 0 unspecified atom stereocenters. The van der Waals surface area contributed by atoms with Crippen molar-refractivity contribution >= 4 is 5.91 Å². The van der Waals surface area contributed by atoms with E-state index in [1.54, 1.807) is 6.92 Å². The summed E-state index contributed by atoms with van der Waals surface area (Å²) in [6.45, 7) is 5.39. The number of amides is 1. The van der Waals surface area contributed by atoms with E-state index in [0.717, 1.165) is 0 Å². The summed E-state index contributed by atoms with van der Waals surface area (Å²) in [5.74, 6) is -0.106. The van der Waals surface area contributed by atoms with Gasteiger partial charge in [0.1, 0.15) is 0 Å². The van der Waals surface area contributed by atoms with E-state index in [9.17, 15) is 14.4 Å². The van der Waals surface area contributed by atoms with Crippen molar-refractivity contribution in [2.75, 3.05) is 0 Å². The molecule has 1 rings (SSSR count). The Morgan fingerprint density at radius 2 is 1.94 bits per heavy atom. The average Bonchev–Trinajstić information content (AvgIpc) is 2.14. The van der Waals surface area contributed by atoms with Gasteiger partial charge in [-0.25, -0.2) is 4.79 Å². The number of aryl methyl sites for hydroxylation is 1. The van der Waals surface area contributed by atoms with Gasteiger partial charge in [0, 0.05) is 23.7 Å². The zero-order valence-corrected chi connectivity index (χ0v) is 10.2. The van der Waals surface area contributed by atoms with Gasteiger partial charge in [0.15, 0.2) is 0 Å². The number of hydrogen-bond acceptors (Lipinski definition) is 3. The largest absolute Gasteiger partial charge is 0.354 e. The van der Waals surface area contributed by atoms with Crippen LogP contribution in [0.15, 0.2) is 9.59 Å². The van der Waals surface area contributed by atoms with Crippen LogP contribution in [-0.2, 0) is 11.2 Å². The second kappa shape index (κ2) is 5.47. The first kappa shape index (κ1) is 13.2. The predicted octanol–water partition coefficient (Wildman–Crippen LogP) is -0.171. The van der Waals surface area contributed by atoms with Crippen LogP contribution in [0.2, 0.25) is 0 Å². The van der Waals surface area contributed by atoms with Crippen molar-refractivity contribution in [2.24, 2.45) is 0 Å². The highest BCUT2D eigenvalue weighted by Crippen LogP contribution is 1.99. The molecule has 0 saturated carbocycles. The molecule has 17 heavy (non-hydrogen) atoms. The number of nitrogens with one attached hydrogen (secondary N) is 3. The van der Waals surface area contributed by atoms with Crippen molar-refractivity contribution in [3.05, 3.63) is 32.1 Å². The Kier molecular flexibility index (Phi) is 4.25. The second-order valence-corrected chi connectivity index (χ2v) is 4.23. The summed E-state index contributed by atoms with van der Waals surface area (Å²) < 4.78 is 0. The van der Waals surface area contributed by atoms with Crippen molar-refractivity contribution in [3.8, 4) is 0 Å². The molecular formula is C11H17N3O3. The Morgan fingerprint density at radius 3 is 2.47 bits per heavy atom. The summed E-state index contributed by atoms with van der Waals surface area (Å²) in [4.78, 5) is 38.5. The van der Waals surface area contributed by atoms with Gasteiger partial charge in [0.25, 0.3) is 5.56 Å². The van der Waals surface area contributed by atoms with E-state index in [1.165, 1.54) is 0 Å². The Hall–Kier alpha value is -1.85. The van der Waals surface area contributed by atoms with Crippen LogP contribution in [0.5, 0.6) is 0 Å². The number of carbonyl (C=O) groups excluding carboxylic acids is 1. The molecule has 0 atom stereocenters. The summed E-state index contributed by atoms with van der Waals surface area (Å²) in [7, 11) is 0. The van der Waals surface area contributed by atoms with Crippen LogP contribution in [0.3, 0.4) is 0 Å². The lowest BCUT2D eigenvalue weighted by Gasteiger charge is -2.08. The van der Waals surface area contributed by atoms with Gasteiger partial charge >= 0.3 is 5.69 Å².